The summed E-state index contributed by atoms with van der Waals surface area (Å²) >= 11 is 3.40. The third kappa shape index (κ3) is 2.60. The number of hydrogen-bond donors (Lipinski definition) is 0. The lowest BCUT2D eigenvalue weighted by Gasteiger charge is -2.09. The number of rotatable bonds is 2. The van der Waals surface area contributed by atoms with Crippen LogP contribution in [0.15, 0.2) is 52.4 Å². The summed E-state index contributed by atoms with van der Waals surface area (Å²) in [5, 5.41) is 5.83. The Labute approximate surface area is 124 Å². The van der Waals surface area contributed by atoms with E-state index < -0.39 is 0 Å². The Hall–Kier alpha value is -2.08. The van der Waals surface area contributed by atoms with Gasteiger partial charge in [-0.15, -0.1) is 0 Å². The van der Waals surface area contributed by atoms with E-state index in [4.69, 9.17) is 0 Å². The van der Waals surface area contributed by atoms with Crippen molar-refractivity contribution in [2.75, 3.05) is 6.54 Å². The minimum Gasteiger partial charge on any atom is -0.265 e. The van der Waals surface area contributed by atoms with Crippen molar-refractivity contribution in [1.29, 1.82) is 0 Å². The van der Waals surface area contributed by atoms with Gasteiger partial charge < -0.3 is 0 Å². The van der Waals surface area contributed by atoms with Crippen LogP contribution in [0.1, 0.15) is 22.5 Å². The van der Waals surface area contributed by atoms with Crippen molar-refractivity contribution in [3.8, 4) is 0 Å². The molecular weight excluding hydrogens is 320 g/mol. The molecule has 0 spiro atoms. The second-order valence-corrected chi connectivity index (χ2v) is 5.24. The van der Waals surface area contributed by atoms with Gasteiger partial charge in [-0.1, -0.05) is 28.1 Å². The molecule has 0 atom stereocenters. The van der Waals surface area contributed by atoms with Gasteiger partial charge in [0.25, 0.3) is 5.91 Å². The lowest BCUT2D eigenvalue weighted by molar-refractivity contribution is 0.0772. The maximum Gasteiger partial charge on any atom is 0.294 e. The van der Waals surface area contributed by atoms with E-state index in [1.165, 1.54) is 23.6 Å². The number of hydrazone groups is 1. The zero-order valence-corrected chi connectivity index (χ0v) is 12.1. The Balaban J connectivity index is 1.81. The van der Waals surface area contributed by atoms with Gasteiger partial charge in [0.1, 0.15) is 5.69 Å². The number of carbonyl (C=O) groups excluding carboxylic acids is 1. The van der Waals surface area contributed by atoms with E-state index in [9.17, 15) is 4.79 Å². The molecule has 0 N–H and O–H groups in total. The van der Waals surface area contributed by atoms with E-state index >= 15 is 0 Å². The molecule has 3 rings (SSSR count). The molecule has 0 unspecified atom stereocenters. The summed E-state index contributed by atoms with van der Waals surface area (Å²) in [7, 11) is 0. The molecule has 0 fully saturated rings. The van der Waals surface area contributed by atoms with Crippen molar-refractivity contribution in [1.82, 2.24) is 15.0 Å². The van der Waals surface area contributed by atoms with Crippen LogP contribution in [0, 0.1) is 0 Å². The molecule has 1 aliphatic heterocycles. The summed E-state index contributed by atoms with van der Waals surface area (Å²) < 4.78 is 1.02. The van der Waals surface area contributed by atoms with Crippen LogP contribution in [-0.2, 0) is 0 Å². The fourth-order valence-corrected chi connectivity index (χ4v) is 2.25. The number of benzene rings is 1. The molecule has 5 nitrogen and oxygen atoms in total. The Morgan fingerprint density at radius 3 is 2.70 bits per heavy atom. The van der Waals surface area contributed by atoms with Gasteiger partial charge in [0.15, 0.2) is 0 Å². The molecule has 100 valence electrons. The van der Waals surface area contributed by atoms with Gasteiger partial charge in [-0.25, -0.2) is 9.99 Å². The van der Waals surface area contributed by atoms with Gasteiger partial charge in [-0.05, 0) is 17.7 Å². The molecular formula is C14H11BrN4O. The summed E-state index contributed by atoms with van der Waals surface area (Å²) in [5.41, 5.74) is 2.26. The highest BCUT2D eigenvalue weighted by molar-refractivity contribution is 9.10. The highest BCUT2D eigenvalue weighted by Crippen LogP contribution is 2.17. The first-order chi connectivity index (χ1) is 9.74. The monoisotopic (exact) mass is 330 g/mol. The lowest BCUT2D eigenvalue weighted by atomic mass is 10.1. The first-order valence-corrected chi connectivity index (χ1v) is 6.94. The van der Waals surface area contributed by atoms with Gasteiger partial charge in [-0.2, -0.15) is 5.10 Å². The second-order valence-electron chi connectivity index (χ2n) is 4.32. The standard InChI is InChI=1S/C14H11BrN4O/c15-11-3-1-10(2-4-11)12-5-8-19(18-12)14(20)13-9-16-6-7-17-13/h1-4,6-7,9H,5,8H2. The normalized spacial score (nSPS) is 14.2. The summed E-state index contributed by atoms with van der Waals surface area (Å²) in [6, 6.07) is 7.90. The smallest absolute Gasteiger partial charge is 0.265 e. The SMILES string of the molecule is O=C(c1cnccn1)N1CCC(c2ccc(Br)cc2)=N1. The Kier molecular flexibility index (Phi) is 3.56. The van der Waals surface area contributed by atoms with E-state index in [-0.39, 0.29) is 5.91 Å². The summed E-state index contributed by atoms with van der Waals surface area (Å²) in [5.74, 6) is -0.217. The number of halogens is 1. The van der Waals surface area contributed by atoms with Crippen LogP contribution in [0.3, 0.4) is 0 Å². The van der Waals surface area contributed by atoms with Crippen molar-refractivity contribution in [2.24, 2.45) is 5.10 Å². The maximum absolute atomic E-state index is 12.2. The van der Waals surface area contributed by atoms with Crippen LogP contribution in [0.4, 0.5) is 0 Å². The predicted octanol–water partition coefficient (Wildman–Crippen LogP) is 2.49. The lowest BCUT2D eigenvalue weighted by Crippen LogP contribution is -2.24. The third-order valence-corrected chi connectivity index (χ3v) is 3.52. The Morgan fingerprint density at radius 2 is 2.00 bits per heavy atom. The molecule has 0 saturated heterocycles. The van der Waals surface area contributed by atoms with E-state index in [1.54, 1.807) is 0 Å². The maximum atomic E-state index is 12.2. The molecule has 1 amide bonds. The molecule has 2 aromatic rings. The quantitative estimate of drug-likeness (QED) is 0.849. The summed E-state index contributed by atoms with van der Waals surface area (Å²) in [4.78, 5) is 20.1. The Morgan fingerprint density at radius 1 is 1.20 bits per heavy atom. The molecule has 2 heterocycles. The van der Waals surface area contributed by atoms with Crippen LogP contribution in [0.2, 0.25) is 0 Å². The van der Waals surface area contributed by atoms with E-state index in [1.807, 2.05) is 24.3 Å². The van der Waals surface area contributed by atoms with Crippen molar-refractivity contribution in [3.63, 3.8) is 0 Å². The largest absolute Gasteiger partial charge is 0.294 e. The molecule has 6 heteroatoms. The van der Waals surface area contributed by atoms with Crippen molar-refractivity contribution in [2.45, 2.75) is 6.42 Å². The number of hydrogen-bond acceptors (Lipinski definition) is 4. The molecule has 1 aliphatic rings. The Bertz CT molecular complexity index is 655. The van der Waals surface area contributed by atoms with E-state index in [2.05, 4.69) is 31.0 Å². The molecule has 1 aromatic carbocycles. The average molecular weight is 331 g/mol. The zero-order valence-electron chi connectivity index (χ0n) is 10.5. The molecule has 1 aromatic heterocycles. The second kappa shape index (κ2) is 5.50. The molecule has 0 bridgehead atoms. The van der Waals surface area contributed by atoms with Gasteiger partial charge in [-0.3, -0.25) is 9.78 Å². The van der Waals surface area contributed by atoms with Crippen molar-refractivity contribution in [3.05, 3.63) is 58.6 Å². The number of carbonyl (C=O) groups is 1. The fraction of sp³-hybridized carbons (Fsp3) is 0.143. The first-order valence-electron chi connectivity index (χ1n) is 6.15. The van der Waals surface area contributed by atoms with Gasteiger partial charge in [0.05, 0.1) is 18.5 Å². The third-order valence-electron chi connectivity index (χ3n) is 3.00. The molecule has 0 aliphatic carbocycles. The summed E-state index contributed by atoms with van der Waals surface area (Å²) in [6.07, 6.45) is 5.24. The van der Waals surface area contributed by atoms with E-state index in [0.29, 0.717) is 12.2 Å². The fourth-order valence-electron chi connectivity index (χ4n) is 1.99. The highest BCUT2D eigenvalue weighted by Gasteiger charge is 2.23. The van der Waals surface area contributed by atoms with Crippen LogP contribution < -0.4 is 0 Å². The molecule has 0 radical (unpaired) electrons. The minimum atomic E-state index is -0.217. The number of amides is 1. The predicted molar refractivity (Wildman–Crippen MR) is 78.4 cm³/mol. The van der Waals surface area contributed by atoms with Crippen molar-refractivity contribution >= 4 is 27.5 Å². The minimum absolute atomic E-state index is 0.217. The van der Waals surface area contributed by atoms with Crippen LogP contribution in [0.5, 0.6) is 0 Å². The average Bonchev–Trinajstić information content (AvgIpc) is 2.98. The van der Waals surface area contributed by atoms with Gasteiger partial charge in [0.2, 0.25) is 0 Å². The van der Waals surface area contributed by atoms with Gasteiger partial charge in [0, 0.05) is 23.3 Å². The van der Waals surface area contributed by atoms with Crippen LogP contribution in [0.25, 0.3) is 0 Å². The number of aromatic nitrogens is 2. The van der Waals surface area contributed by atoms with Crippen LogP contribution in [-0.4, -0.2) is 33.1 Å². The van der Waals surface area contributed by atoms with E-state index in [0.717, 1.165) is 22.2 Å². The molecule has 0 saturated carbocycles. The highest BCUT2D eigenvalue weighted by atomic mass is 79.9. The number of nitrogens with zero attached hydrogens (tertiary/aromatic N) is 4. The topological polar surface area (TPSA) is 58.5 Å². The zero-order chi connectivity index (χ0) is 13.9. The summed E-state index contributed by atoms with van der Waals surface area (Å²) in [6.45, 7) is 0.570. The van der Waals surface area contributed by atoms with Crippen molar-refractivity contribution < 1.29 is 4.79 Å². The molecule has 20 heavy (non-hydrogen) atoms. The first kappa shape index (κ1) is 12.9. The van der Waals surface area contributed by atoms with Crippen LogP contribution >= 0.6 is 15.9 Å². The van der Waals surface area contributed by atoms with Gasteiger partial charge >= 0.3 is 0 Å².